The second-order valence-electron chi connectivity index (χ2n) is 7.53. The molecule has 10 heteroatoms. The molecule has 1 aromatic heterocycles. The fourth-order valence-corrected chi connectivity index (χ4v) is 3.92. The van der Waals surface area contributed by atoms with Gasteiger partial charge in [0.2, 0.25) is 5.78 Å². The van der Waals surface area contributed by atoms with Crippen molar-refractivity contribution in [1.29, 1.82) is 0 Å². The highest BCUT2D eigenvalue weighted by Crippen LogP contribution is 2.31. The number of aromatic nitrogens is 1. The number of nitrogens with two attached hydrogens (primary N) is 1. The number of nitrogens with zero attached hydrogens (tertiary/aromatic N) is 1. The number of aryl methyl sites for hydroxylation is 1. The van der Waals surface area contributed by atoms with Crippen molar-refractivity contribution >= 4 is 39.7 Å². The van der Waals surface area contributed by atoms with E-state index >= 15 is 0 Å². The van der Waals surface area contributed by atoms with Crippen LogP contribution in [0.25, 0.3) is 0 Å². The van der Waals surface area contributed by atoms with E-state index in [-0.39, 0.29) is 17.4 Å². The van der Waals surface area contributed by atoms with Crippen molar-refractivity contribution in [3.05, 3.63) is 58.5 Å². The van der Waals surface area contributed by atoms with Gasteiger partial charge in [0.25, 0.3) is 5.97 Å². The molecule has 0 saturated carbocycles. The number of carboxylic acids is 1. The molecule has 0 saturated heterocycles. The van der Waals surface area contributed by atoms with E-state index in [1.165, 1.54) is 11.3 Å². The summed E-state index contributed by atoms with van der Waals surface area (Å²) in [5, 5.41) is 24.3. The summed E-state index contributed by atoms with van der Waals surface area (Å²) in [6, 6.07) is 12.4. The van der Waals surface area contributed by atoms with E-state index in [4.69, 9.17) is 20.4 Å². The summed E-state index contributed by atoms with van der Waals surface area (Å²) >= 11 is 1.21. The Morgan fingerprint density at radius 1 is 1.14 bits per heavy atom. The molecule has 0 aliphatic rings. The number of aromatic hydroxyl groups is 1. The lowest BCUT2D eigenvalue weighted by atomic mass is 10.0. The molecule has 0 aliphatic heterocycles. The van der Waals surface area contributed by atoms with Gasteiger partial charge in [-0.25, -0.2) is 4.98 Å². The van der Waals surface area contributed by atoms with E-state index < -0.39 is 5.97 Å². The molecule has 2 aromatic carbocycles. The van der Waals surface area contributed by atoms with Crippen LogP contribution in [-0.2, 0) is 11.2 Å². The molecule has 0 amide bonds. The molecular formula is C25H32N4O5S. The van der Waals surface area contributed by atoms with Crippen LogP contribution < -0.4 is 21.1 Å². The number of carbonyl (C=O) groups is 2. The normalized spacial score (nSPS) is 10.3. The fourth-order valence-electron chi connectivity index (χ4n) is 3.05. The van der Waals surface area contributed by atoms with Gasteiger partial charge >= 0.3 is 0 Å². The predicted octanol–water partition coefficient (Wildman–Crippen LogP) is 4.44. The number of carbonyl (C=O) groups excluding carboxylic acids is 1. The van der Waals surface area contributed by atoms with E-state index in [9.17, 15) is 9.90 Å². The Morgan fingerprint density at radius 2 is 1.83 bits per heavy atom. The van der Waals surface area contributed by atoms with E-state index in [2.05, 4.69) is 22.5 Å². The minimum Gasteiger partial charge on any atom is -0.508 e. The summed E-state index contributed by atoms with van der Waals surface area (Å²) in [5.41, 5.74) is 8.09. The van der Waals surface area contributed by atoms with Gasteiger partial charge in [-0.3, -0.25) is 9.59 Å². The Labute approximate surface area is 209 Å². The first-order valence-corrected chi connectivity index (χ1v) is 12.1. The van der Waals surface area contributed by atoms with Crippen LogP contribution in [0.3, 0.4) is 0 Å². The van der Waals surface area contributed by atoms with Crippen LogP contribution in [0.4, 0.5) is 16.6 Å². The van der Waals surface area contributed by atoms with Crippen molar-refractivity contribution in [1.82, 2.24) is 10.3 Å². The van der Waals surface area contributed by atoms with Crippen molar-refractivity contribution in [2.24, 2.45) is 0 Å². The number of phenols is 1. The molecule has 6 N–H and O–H groups in total. The zero-order valence-electron chi connectivity index (χ0n) is 20.1. The van der Waals surface area contributed by atoms with Crippen molar-refractivity contribution in [2.45, 2.75) is 33.6 Å². The molecule has 3 rings (SSSR count). The van der Waals surface area contributed by atoms with Crippen LogP contribution in [0.2, 0.25) is 0 Å². The number of hydrogen-bond acceptors (Lipinski definition) is 9. The number of hydrogen-bond donors (Lipinski definition) is 5. The quantitative estimate of drug-likeness (QED) is 0.190. The summed E-state index contributed by atoms with van der Waals surface area (Å²) < 4.78 is 5.67. The zero-order chi connectivity index (χ0) is 25.8. The number of ketones is 1. The van der Waals surface area contributed by atoms with Gasteiger partial charge in [0.15, 0.2) is 5.13 Å². The van der Waals surface area contributed by atoms with Gasteiger partial charge in [-0.2, -0.15) is 0 Å². The Bertz CT molecular complexity index is 1110. The number of likely N-dealkylation sites (N-methyl/N-ethyl adjacent to an activating group) is 1. The van der Waals surface area contributed by atoms with Gasteiger partial charge in [0.1, 0.15) is 28.8 Å². The lowest BCUT2D eigenvalue weighted by Crippen LogP contribution is -2.20. The minimum absolute atomic E-state index is 0.186. The number of phenolic OH excluding ortho intramolecular Hbond substituents is 1. The third-order valence-electron chi connectivity index (χ3n) is 4.62. The molecule has 0 atom stereocenters. The third-order valence-corrected chi connectivity index (χ3v) is 5.61. The molecule has 0 aliphatic carbocycles. The smallest absolute Gasteiger partial charge is 0.300 e. The molecule has 0 fully saturated rings. The lowest BCUT2D eigenvalue weighted by Gasteiger charge is -2.08. The zero-order valence-corrected chi connectivity index (χ0v) is 20.9. The highest BCUT2D eigenvalue weighted by molar-refractivity contribution is 7.18. The highest BCUT2D eigenvalue weighted by Gasteiger charge is 2.19. The molecule has 1 heterocycles. The molecular weight excluding hydrogens is 468 g/mol. The first-order chi connectivity index (χ1) is 16.7. The second-order valence-corrected chi connectivity index (χ2v) is 8.53. The maximum atomic E-state index is 13.0. The maximum Gasteiger partial charge on any atom is 0.300 e. The monoisotopic (exact) mass is 500 g/mol. The molecule has 188 valence electrons. The first kappa shape index (κ1) is 27.6. The predicted molar refractivity (Wildman–Crippen MR) is 139 cm³/mol. The number of benzene rings is 2. The number of rotatable bonds is 11. The van der Waals surface area contributed by atoms with E-state index in [1.54, 1.807) is 18.2 Å². The average molecular weight is 501 g/mol. The standard InChI is InChI=1S/C23H28N4O3S.C2H4O2/c1-3-5-15-14-16(6-11-19(15)28)20(29)21-22(24)27-23(31-21)26-17-7-9-18(10-8-17)30-13-12-25-4-2;1-2(3)4/h6-11,14,25,28H,3-5,12-13,24H2,1-2H3,(H,26,27);1H3,(H,3,4). The highest BCUT2D eigenvalue weighted by atomic mass is 32.1. The molecule has 0 radical (unpaired) electrons. The number of aliphatic carboxylic acids is 1. The number of nitrogens with one attached hydrogen (secondary N) is 2. The molecule has 0 spiro atoms. The summed E-state index contributed by atoms with van der Waals surface area (Å²) in [6.07, 6.45) is 1.58. The van der Waals surface area contributed by atoms with Gasteiger partial charge in [-0.15, -0.1) is 0 Å². The van der Waals surface area contributed by atoms with Crippen LogP contribution in [0, 0.1) is 0 Å². The Balaban J connectivity index is 0.00000100. The molecule has 0 bridgehead atoms. The van der Waals surface area contributed by atoms with Crippen molar-refractivity contribution in [3.8, 4) is 11.5 Å². The molecule has 9 nitrogen and oxygen atoms in total. The lowest BCUT2D eigenvalue weighted by molar-refractivity contribution is -0.134. The summed E-state index contributed by atoms with van der Waals surface area (Å²) in [4.78, 5) is 26.6. The molecule has 0 unspecified atom stereocenters. The minimum atomic E-state index is -0.833. The summed E-state index contributed by atoms with van der Waals surface area (Å²) in [6.45, 7) is 7.48. The molecule has 35 heavy (non-hydrogen) atoms. The van der Waals surface area contributed by atoms with Crippen molar-refractivity contribution in [2.75, 3.05) is 30.7 Å². The third kappa shape index (κ3) is 8.91. The number of carboxylic acid groups (broad SMARTS) is 1. The maximum absolute atomic E-state index is 13.0. The number of ether oxygens (including phenoxy) is 1. The first-order valence-electron chi connectivity index (χ1n) is 11.3. The number of nitrogen functional groups attached to an aromatic ring is 1. The van der Waals surface area contributed by atoms with Gasteiger partial charge in [0, 0.05) is 24.7 Å². The topological polar surface area (TPSA) is 147 Å². The average Bonchev–Trinajstić information content (AvgIpc) is 3.18. The fraction of sp³-hybridized carbons (Fsp3) is 0.320. The SMILES string of the molecule is CC(=O)O.CCCc1cc(C(=O)c2sc(Nc3ccc(OCCNCC)cc3)nc2N)ccc1O. The largest absolute Gasteiger partial charge is 0.508 e. The van der Waals surface area contributed by atoms with Crippen LogP contribution in [-0.4, -0.2) is 46.6 Å². The number of thiazole rings is 1. The number of anilines is 3. The Hall–Kier alpha value is -3.63. The van der Waals surface area contributed by atoms with Crippen LogP contribution in [0.15, 0.2) is 42.5 Å². The van der Waals surface area contributed by atoms with Crippen LogP contribution in [0.5, 0.6) is 11.5 Å². The van der Waals surface area contributed by atoms with Gasteiger partial charge in [0.05, 0.1) is 0 Å². The Kier molecular flexibility index (Phi) is 11.0. The van der Waals surface area contributed by atoms with E-state index in [1.807, 2.05) is 31.2 Å². The van der Waals surface area contributed by atoms with E-state index in [0.29, 0.717) is 28.6 Å². The van der Waals surface area contributed by atoms with Gasteiger partial charge < -0.3 is 31.3 Å². The van der Waals surface area contributed by atoms with Crippen molar-refractivity contribution in [3.63, 3.8) is 0 Å². The van der Waals surface area contributed by atoms with E-state index in [0.717, 1.165) is 43.4 Å². The molecule has 3 aromatic rings. The summed E-state index contributed by atoms with van der Waals surface area (Å²) in [7, 11) is 0. The second kappa shape index (κ2) is 13.9. The van der Waals surface area contributed by atoms with Gasteiger partial charge in [-0.05, 0) is 61.0 Å². The van der Waals surface area contributed by atoms with Gasteiger partial charge in [-0.1, -0.05) is 31.6 Å². The van der Waals surface area contributed by atoms with Crippen LogP contribution >= 0.6 is 11.3 Å². The Morgan fingerprint density at radius 3 is 2.46 bits per heavy atom. The van der Waals surface area contributed by atoms with Crippen LogP contribution in [0.1, 0.15) is 48.0 Å². The van der Waals surface area contributed by atoms with Crippen molar-refractivity contribution < 1.29 is 24.5 Å². The summed E-state index contributed by atoms with van der Waals surface area (Å²) in [5.74, 6) is 0.135.